The van der Waals surface area contributed by atoms with Crippen LogP contribution in [0.4, 0.5) is 4.79 Å². The van der Waals surface area contributed by atoms with Crippen molar-refractivity contribution < 1.29 is 24.2 Å². The molecule has 2 fully saturated rings. The zero-order valence-corrected chi connectivity index (χ0v) is 16.1. The number of rotatable bonds is 4. The molecule has 1 aromatic rings. The minimum Gasteiger partial charge on any atom is -0.504 e. The molecule has 2 heterocycles. The van der Waals surface area contributed by atoms with E-state index in [4.69, 9.17) is 4.74 Å². The lowest BCUT2D eigenvalue weighted by Gasteiger charge is -2.34. The predicted octanol–water partition coefficient (Wildman–Crippen LogP) is 2.84. The van der Waals surface area contributed by atoms with E-state index >= 15 is 0 Å². The monoisotopic (exact) mass is 390 g/mol. The van der Waals surface area contributed by atoms with Crippen LogP contribution in [0.15, 0.2) is 23.1 Å². The predicted molar refractivity (Wildman–Crippen MR) is 102 cm³/mol. The molecule has 1 atom stereocenters. The maximum atomic E-state index is 12.6. The Hall–Kier alpha value is -2.48. The van der Waals surface area contributed by atoms with E-state index < -0.39 is 11.1 Å². The largest absolute Gasteiger partial charge is 0.504 e. The van der Waals surface area contributed by atoms with Crippen LogP contribution in [0.1, 0.15) is 31.7 Å². The van der Waals surface area contributed by atoms with Gasteiger partial charge in [0, 0.05) is 12.6 Å². The average Bonchev–Trinajstić information content (AvgIpc) is 2.91. The second-order valence-corrected chi connectivity index (χ2v) is 7.62. The molecule has 2 aliphatic heterocycles. The van der Waals surface area contributed by atoms with Crippen LogP contribution in [0.2, 0.25) is 0 Å². The Morgan fingerprint density at radius 1 is 1.37 bits per heavy atom. The van der Waals surface area contributed by atoms with Crippen LogP contribution in [0.5, 0.6) is 11.5 Å². The van der Waals surface area contributed by atoms with E-state index in [9.17, 15) is 19.5 Å². The highest BCUT2D eigenvalue weighted by molar-refractivity contribution is 8.18. The van der Waals surface area contributed by atoms with Crippen LogP contribution in [0.3, 0.4) is 0 Å². The summed E-state index contributed by atoms with van der Waals surface area (Å²) in [6.07, 6.45) is 4.53. The van der Waals surface area contributed by atoms with Crippen molar-refractivity contribution >= 4 is 34.9 Å². The summed E-state index contributed by atoms with van der Waals surface area (Å²) in [5, 5.41) is 9.20. The first-order valence-electron chi connectivity index (χ1n) is 8.82. The fourth-order valence-electron chi connectivity index (χ4n) is 3.27. The topological polar surface area (TPSA) is 87.2 Å². The molecule has 7 nitrogen and oxygen atoms in total. The quantitative estimate of drug-likeness (QED) is 0.796. The van der Waals surface area contributed by atoms with Crippen molar-refractivity contribution in [2.45, 2.75) is 32.2 Å². The van der Waals surface area contributed by atoms with E-state index in [1.54, 1.807) is 23.1 Å². The number of carbonyl (C=O) groups excluding carboxylic acids is 3. The Bertz CT molecular complexity index is 807. The molecule has 27 heavy (non-hydrogen) atoms. The Morgan fingerprint density at radius 3 is 2.85 bits per heavy atom. The summed E-state index contributed by atoms with van der Waals surface area (Å²) in [7, 11) is 1.43. The van der Waals surface area contributed by atoms with Crippen LogP contribution in [0, 0.1) is 0 Å². The van der Waals surface area contributed by atoms with Gasteiger partial charge in [-0.05, 0) is 61.7 Å². The molecule has 8 heteroatoms. The molecule has 0 aliphatic carbocycles. The van der Waals surface area contributed by atoms with Crippen molar-refractivity contribution in [2.24, 2.45) is 0 Å². The van der Waals surface area contributed by atoms with Crippen LogP contribution in [0.25, 0.3) is 6.08 Å². The van der Waals surface area contributed by atoms with Gasteiger partial charge in [0.1, 0.15) is 6.54 Å². The molecule has 1 aromatic carbocycles. The van der Waals surface area contributed by atoms with E-state index in [1.165, 1.54) is 13.2 Å². The lowest BCUT2D eigenvalue weighted by Crippen LogP contribution is -2.47. The molecule has 2 aliphatic rings. The van der Waals surface area contributed by atoms with Crippen molar-refractivity contribution in [3.63, 3.8) is 0 Å². The number of amides is 3. The van der Waals surface area contributed by atoms with Crippen molar-refractivity contribution in [2.75, 3.05) is 20.2 Å². The number of piperidine rings is 1. The highest BCUT2D eigenvalue weighted by atomic mass is 32.2. The zero-order chi connectivity index (χ0) is 19.6. The number of phenols is 1. The van der Waals surface area contributed by atoms with E-state index in [0.717, 1.165) is 35.9 Å². The number of hydrogen-bond acceptors (Lipinski definition) is 6. The number of benzene rings is 1. The molecular formula is C19H22N2O5S. The first-order chi connectivity index (χ1) is 12.9. The number of carbonyl (C=O) groups is 3. The number of methoxy groups -OCH3 is 1. The van der Waals surface area contributed by atoms with Gasteiger partial charge in [-0.25, -0.2) is 0 Å². The van der Waals surface area contributed by atoms with Crippen molar-refractivity contribution in [3.05, 3.63) is 28.7 Å². The number of nitrogens with zero attached hydrogens (tertiary/aromatic N) is 2. The zero-order valence-electron chi connectivity index (χ0n) is 15.3. The number of likely N-dealkylation sites (tertiary alicyclic amines) is 1. The van der Waals surface area contributed by atoms with Crippen LogP contribution >= 0.6 is 11.8 Å². The Balaban J connectivity index is 1.74. The maximum absolute atomic E-state index is 12.6. The van der Waals surface area contributed by atoms with Gasteiger partial charge < -0.3 is 14.7 Å². The summed E-state index contributed by atoms with van der Waals surface area (Å²) >= 11 is 0.808. The summed E-state index contributed by atoms with van der Waals surface area (Å²) < 4.78 is 5.05. The summed E-state index contributed by atoms with van der Waals surface area (Å²) in [6, 6.07) is 4.78. The highest BCUT2D eigenvalue weighted by Gasteiger charge is 2.37. The van der Waals surface area contributed by atoms with Gasteiger partial charge in [0.2, 0.25) is 5.91 Å². The normalized spacial score (nSPS) is 21.9. The van der Waals surface area contributed by atoms with Gasteiger partial charge in [-0.15, -0.1) is 0 Å². The molecule has 0 radical (unpaired) electrons. The van der Waals surface area contributed by atoms with E-state index in [0.29, 0.717) is 12.1 Å². The molecule has 0 aromatic heterocycles. The van der Waals surface area contributed by atoms with E-state index in [1.807, 2.05) is 6.92 Å². The van der Waals surface area contributed by atoms with Gasteiger partial charge in [0.25, 0.3) is 11.1 Å². The van der Waals surface area contributed by atoms with Gasteiger partial charge >= 0.3 is 0 Å². The standard InChI is InChI=1S/C19H22N2O5S/c1-12-5-3-4-8-20(12)17(23)11-21-18(24)16(27-19(21)25)10-13-6-7-14(22)15(9-13)26-2/h6-7,9-10,12,22H,3-5,8,11H2,1-2H3/b16-10-/t12-/m0/s1. The van der Waals surface area contributed by atoms with E-state index in [-0.39, 0.29) is 34.9 Å². The first-order valence-corrected chi connectivity index (χ1v) is 9.64. The number of ether oxygens (including phenoxy) is 1. The number of thioether (sulfide) groups is 1. The molecule has 0 bridgehead atoms. The molecule has 144 valence electrons. The second-order valence-electron chi connectivity index (χ2n) is 6.63. The van der Waals surface area contributed by atoms with Crippen molar-refractivity contribution in [1.82, 2.24) is 9.80 Å². The minimum absolute atomic E-state index is 0.0102. The molecule has 3 amide bonds. The maximum Gasteiger partial charge on any atom is 0.294 e. The molecule has 0 spiro atoms. The number of aromatic hydroxyl groups is 1. The second kappa shape index (κ2) is 8.04. The van der Waals surface area contributed by atoms with Crippen molar-refractivity contribution in [3.8, 4) is 11.5 Å². The van der Waals surface area contributed by atoms with Crippen LogP contribution in [-0.2, 0) is 9.59 Å². The smallest absolute Gasteiger partial charge is 0.294 e. The third-order valence-electron chi connectivity index (χ3n) is 4.79. The van der Waals surface area contributed by atoms with Gasteiger partial charge in [-0.1, -0.05) is 6.07 Å². The molecule has 2 saturated heterocycles. The lowest BCUT2D eigenvalue weighted by molar-refractivity contribution is -0.138. The molecule has 3 rings (SSSR count). The molecule has 0 unspecified atom stereocenters. The summed E-state index contributed by atoms with van der Waals surface area (Å²) in [5.41, 5.74) is 0.617. The molecule has 1 N–H and O–H groups in total. The number of imide groups is 1. The molecular weight excluding hydrogens is 368 g/mol. The fourth-order valence-corrected chi connectivity index (χ4v) is 4.10. The summed E-state index contributed by atoms with van der Waals surface area (Å²) in [6.45, 7) is 2.42. The van der Waals surface area contributed by atoms with Crippen molar-refractivity contribution in [1.29, 1.82) is 0 Å². The lowest BCUT2D eigenvalue weighted by atomic mass is 10.0. The Kier molecular flexibility index (Phi) is 5.74. The van der Waals surface area contributed by atoms with E-state index in [2.05, 4.69) is 0 Å². The van der Waals surface area contributed by atoms with Gasteiger partial charge in [-0.2, -0.15) is 0 Å². The number of phenolic OH excluding ortho intramolecular Hbond substituents is 1. The SMILES string of the molecule is COc1cc(/C=C2\SC(=O)N(CC(=O)N3CCCC[C@@H]3C)C2=O)ccc1O. The Labute approximate surface area is 162 Å². The van der Waals surface area contributed by atoms with Gasteiger partial charge in [-0.3, -0.25) is 19.3 Å². The number of hydrogen-bond donors (Lipinski definition) is 1. The Morgan fingerprint density at radius 2 is 2.15 bits per heavy atom. The fraction of sp³-hybridized carbons (Fsp3) is 0.421. The third kappa shape index (κ3) is 4.10. The minimum atomic E-state index is -0.477. The summed E-state index contributed by atoms with van der Waals surface area (Å²) in [4.78, 5) is 40.4. The highest BCUT2D eigenvalue weighted by Crippen LogP contribution is 2.34. The van der Waals surface area contributed by atoms with Crippen LogP contribution in [-0.4, -0.2) is 58.2 Å². The first kappa shape index (κ1) is 19.3. The van der Waals surface area contributed by atoms with Gasteiger partial charge in [0.05, 0.1) is 12.0 Å². The van der Waals surface area contributed by atoms with Gasteiger partial charge in [0.15, 0.2) is 11.5 Å². The average molecular weight is 390 g/mol. The third-order valence-corrected chi connectivity index (χ3v) is 5.70. The van der Waals surface area contributed by atoms with Crippen LogP contribution < -0.4 is 4.74 Å². The molecule has 0 saturated carbocycles. The summed E-state index contributed by atoms with van der Waals surface area (Å²) in [5.74, 6) is -0.409.